The first kappa shape index (κ1) is 9.22. The first-order valence-electron chi connectivity index (χ1n) is 4.60. The summed E-state index contributed by atoms with van der Waals surface area (Å²) in [5, 5.41) is 17.2. The molecule has 16 heavy (non-hydrogen) atoms. The quantitative estimate of drug-likeness (QED) is 0.676. The van der Waals surface area contributed by atoms with Gasteiger partial charge in [-0.15, -0.1) is 16.4 Å². The molecule has 0 aromatic carbocycles. The summed E-state index contributed by atoms with van der Waals surface area (Å²) in [5.41, 5.74) is 1.36. The van der Waals surface area contributed by atoms with Crippen molar-refractivity contribution in [2.75, 3.05) is 0 Å². The molecule has 3 aromatic heterocycles. The van der Waals surface area contributed by atoms with E-state index in [2.05, 4.69) is 20.5 Å². The molecule has 0 aliphatic rings. The molecule has 3 heterocycles. The first-order valence-corrected chi connectivity index (χ1v) is 5.48. The standard InChI is InChI=1S/C9H7N5OS/c1-5-2-7(16-4-5)14-8-6(3-10-14)9(15)12-13-11-8/h2-4H,1H3,(H,11,12,15). The molecule has 0 bridgehead atoms. The highest BCUT2D eigenvalue weighted by Gasteiger charge is 2.10. The maximum atomic E-state index is 11.4. The summed E-state index contributed by atoms with van der Waals surface area (Å²) in [4.78, 5) is 11.4. The smallest absolute Gasteiger partial charge is 0.267 e. The fourth-order valence-corrected chi connectivity index (χ4v) is 2.33. The Kier molecular flexibility index (Phi) is 1.87. The van der Waals surface area contributed by atoms with Crippen molar-refractivity contribution in [1.29, 1.82) is 0 Å². The highest BCUT2D eigenvalue weighted by molar-refractivity contribution is 7.12. The van der Waals surface area contributed by atoms with Crippen LogP contribution >= 0.6 is 11.3 Å². The second-order valence-electron chi connectivity index (χ2n) is 3.40. The van der Waals surface area contributed by atoms with Crippen LogP contribution in [0, 0.1) is 6.92 Å². The minimum Gasteiger partial charge on any atom is -0.267 e. The molecule has 0 spiro atoms. The van der Waals surface area contributed by atoms with Gasteiger partial charge in [0.25, 0.3) is 5.56 Å². The second-order valence-corrected chi connectivity index (χ2v) is 4.29. The van der Waals surface area contributed by atoms with Gasteiger partial charge in [0.05, 0.1) is 6.20 Å². The average Bonchev–Trinajstić information content (AvgIpc) is 2.84. The van der Waals surface area contributed by atoms with Gasteiger partial charge < -0.3 is 0 Å². The maximum Gasteiger partial charge on any atom is 0.278 e. The van der Waals surface area contributed by atoms with Crippen LogP contribution < -0.4 is 5.56 Å². The number of thiophene rings is 1. The molecule has 0 fully saturated rings. The molecule has 0 atom stereocenters. The molecule has 0 amide bonds. The molecule has 0 saturated carbocycles. The van der Waals surface area contributed by atoms with Gasteiger partial charge in [-0.25, -0.2) is 9.78 Å². The second kappa shape index (κ2) is 3.24. The normalized spacial score (nSPS) is 11.1. The van der Waals surface area contributed by atoms with Crippen LogP contribution in [0.3, 0.4) is 0 Å². The number of nitrogens with one attached hydrogen (secondary N) is 1. The molecule has 0 aliphatic heterocycles. The Hall–Kier alpha value is -2.02. The summed E-state index contributed by atoms with van der Waals surface area (Å²) in [5.74, 6) is 0. The van der Waals surface area contributed by atoms with Gasteiger partial charge in [0.2, 0.25) is 0 Å². The molecule has 6 nitrogen and oxygen atoms in total. The lowest BCUT2D eigenvalue weighted by molar-refractivity contribution is 0.835. The molecule has 7 heteroatoms. The third kappa shape index (κ3) is 1.25. The summed E-state index contributed by atoms with van der Waals surface area (Å²) in [6.07, 6.45) is 1.50. The average molecular weight is 233 g/mol. The zero-order valence-corrected chi connectivity index (χ0v) is 9.15. The van der Waals surface area contributed by atoms with Crippen molar-refractivity contribution in [3.05, 3.63) is 33.6 Å². The van der Waals surface area contributed by atoms with E-state index in [1.807, 2.05) is 18.4 Å². The van der Waals surface area contributed by atoms with E-state index in [-0.39, 0.29) is 5.56 Å². The van der Waals surface area contributed by atoms with E-state index in [1.165, 1.54) is 6.20 Å². The third-order valence-corrected chi connectivity index (χ3v) is 3.23. The van der Waals surface area contributed by atoms with E-state index in [4.69, 9.17) is 0 Å². The molecule has 0 aliphatic carbocycles. The third-order valence-electron chi connectivity index (χ3n) is 2.21. The van der Waals surface area contributed by atoms with Crippen molar-refractivity contribution in [2.45, 2.75) is 6.92 Å². The molecule has 3 rings (SSSR count). The summed E-state index contributed by atoms with van der Waals surface area (Å²) < 4.78 is 1.62. The number of hydrogen-bond donors (Lipinski definition) is 1. The lowest BCUT2D eigenvalue weighted by Crippen LogP contribution is -2.09. The zero-order valence-electron chi connectivity index (χ0n) is 8.34. The van der Waals surface area contributed by atoms with Gasteiger partial charge in [0.1, 0.15) is 10.4 Å². The van der Waals surface area contributed by atoms with Crippen LogP contribution in [0.15, 0.2) is 22.4 Å². The monoisotopic (exact) mass is 233 g/mol. The van der Waals surface area contributed by atoms with Crippen molar-refractivity contribution in [3.63, 3.8) is 0 Å². The molecule has 80 valence electrons. The number of nitrogens with zero attached hydrogens (tertiary/aromatic N) is 4. The fourth-order valence-electron chi connectivity index (χ4n) is 1.46. The van der Waals surface area contributed by atoms with Crippen LogP contribution in [-0.4, -0.2) is 25.2 Å². The largest absolute Gasteiger partial charge is 0.278 e. The zero-order chi connectivity index (χ0) is 11.1. The van der Waals surface area contributed by atoms with E-state index in [1.54, 1.807) is 16.0 Å². The van der Waals surface area contributed by atoms with Crippen LogP contribution in [0.25, 0.3) is 16.0 Å². The maximum absolute atomic E-state index is 11.4. The van der Waals surface area contributed by atoms with E-state index in [9.17, 15) is 4.79 Å². The number of hydrogen-bond acceptors (Lipinski definition) is 5. The SMILES string of the molecule is Cc1csc(-n2ncc3c(=O)[nH]nnc32)c1. The Bertz CT molecular complexity index is 710. The number of aromatic nitrogens is 5. The molecule has 0 saturated heterocycles. The van der Waals surface area contributed by atoms with Gasteiger partial charge >= 0.3 is 0 Å². The number of H-pyrrole nitrogens is 1. The Morgan fingerprint density at radius 3 is 3.12 bits per heavy atom. The number of rotatable bonds is 1. The molecular formula is C9H7N5OS. The van der Waals surface area contributed by atoms with Gasteiger partial charge in [-0.3, -0.25) is 4.79 Å². The minimum atomic E-state index is -0.274. The Balaban J connectivity index is 2.33. The topological polar surface area (TPSA) is 76.5 Å². The van der Waals surface area contributed by atoms with Crippen LogP contribution in [0.2, 0.25) is 0 Å². The lowest BCUT2D eigenvalue weighted by atomic mass is 10.4. The lowest BCUT2D eigenvalue weighted by Gasteiger charge is -1.95. The van der Waals surface area contributed by atoms with E-state index >= 15 is 0 Å². The molecule has 0 radical (unpaired) electrons. The van der Waals surface area contributed by atoms with Crippen molar-refractivity contribution in [1.82, 2.24) is 25.2 Å². The molecule has 1 N–H and O–H groups in total. The summed E-state index contributed by atoms with van der Waals surface area (Å²) >= 11 is 1.55. The Morgan fingerprint density at radius 1 is 1.50 bits per heavy atom. The van der Waals surface area contributed by atoms with Crippen LogP contribution in [0.5, 0.6) is 0 Å². The molecular weight excluding hydrogens is 226 g/mol. The predicted octanol–water partition coefficient (Wildman–Crippen LogP) is 0.874. The van der Waals surface area contributed by atoms with Gasteiger partial charge in [-0.05, 0) is 23.9 Å². The van der Waals surface area contributed by atoms with Gasteiger partial charge in [-0.2, -0.15) is 5.10 Å². The van der Waals surface area contributed by atoms with E-state index in [0.29, 0.717) is 11.0 Å². The van der Waals surface area contributed by atoms with Crippen molar-refractivity contribution < 1.29 is 0 Å². The van der Waals surface area contributed by atoms with Crippen molar-refractivity contribution >= 4 is 22.4 Å². The highest BCUT2D eigenvalue weighted by atomic mass is 32.1. The van der Waals surface area contributed by atoms with Crippen molar-refractivity contribution in [2.24, 2.45) is 0 Å². The van der Waals surface area contributed by atoms with Gasteiger partial charge in [-0.1, -0.05) is 5.21 Å². The van der Waals surface area contributed by atoms with E-state index < -0.39 is 0 Å². The van der Waals surface area contributed by atoms with Crippen LogP contribution in [0.1, 0.15) is 5.56 Å². The predicted molar refractivity (Wildman–Crippen MR) is 59.9 cm³/mol. The van der Waals surface area contributed by atoms with Crippen molar-refractivity contribution in [3.8, 4) is 5.00 Å². The summed E-state index contributed by atoms with van der Waals surface area (Å²) in [6, 6.07) is 1.99. The first-order chi connectivity index (χ1) is 7.75. The Labute approximate surface area is 93.5 Å². The summed E-state index contributed by atoms with van der Waals surface area (Å²) in [7, 11) is 0. The Morgan fingerprint density at radius 2 is 2.38 bits per heavy atom. The summed E-state index contributed by atoms with van der Waals surface area (Å²) in [6.45, 7) is 2.00. The fraction of sp³-hybridized carbons (Fsp3) is 0.111. The van der Waals surface area contributed by atoms with Crippen LogP contribution in [0.4, 0.5) is 0 Å². The number of aromatic amines is 1. The van der Waals surface area contributed by atoms with Gasteiger partial charge in [0, 0.05) is 0 Å². The molecule has 3 aromatic rings. The van der Waals surface area contributed by atoms with Gasteiger partial charge in [0.15, 0.2) is 5.65 Å². The highest BCUT2D eigenvalue weighted by Crippen LogP contribution is 2.20. The molecule has 0 unspecified atom stereocenters. The van der Waals surface area contributed by atoms with E-state index in [0.717, 1.165) is 10.6 Å². The van der Waals surface area contributed by atoms with Crippen LogP contribution in [-0.2, 0) is 0 Å². The number of aryl methyl sites for hydroxylation is 1. The number of fused-ring (bicyclic) bond motifs is 1. The minimum absolute atomic E-state index is 0.274.